The first-order valence-electron chi connectivity index (χ1n) is 11.5. The molecule has 8 heteroatoms. The highest BCUT2D eigenvalue weighted by Gasteiger charge is 2.25. The lowest BCUT2D eigenvalue weighted by atomic mass is 10.1. The monoisotopic (exact) mass is 460 g/mol. The van der Waals surface area contributed by atoms with E-state index < -0.39 is 6.10 Å². The third-order valence-electron chi connectivity index (χ3n) is 6.30. The van der Waals surface area contributed by atoms with Crippen molar-refractivity contribution in [2.75, 3.05) is 49.5 Å². The second-order valence-corrected chi connectivity index (χ2v) is 8.77. The molecule has 0 aliphatic carbocycles. The van der Waals surface area contributed by atoms with Crippen molar-refractivity contribution in [3.63, 3.8) is 0 Å². The number of aromatic nitrogens is 1. The number of carbonyl (C=O) groups excluding carboxylic acids is 2. The molecule has 8 nitrogen and oxygen atoms in total. The number of esters is 1. The summed E-state index contributed by atoms with van der Waals surface area (Å²) in [4.78, 5) is 32.9. The molecule has 0 saturated carbocycles. The van der Waals surface area contributed by atoms with Crippen LogP contribution in [0.25, 0.3) is 10.9 Å². The lowest BCUT2D eigenvalue weighted by molar-refractivity contribution is -0.147. The molecule has 0 radical (unpaired) electrons. The summed E-state index contributed by atoms with van der Waals surface area (Å²) >= 11 is 0. The van der Waals surface area contributed by atoms with Gasteiger partial charge >= 0.3 is 5.97 Å². The van der Waals surface area contributed by atoms with Crippen molar-refractivity contribution >= 4 is 34.2 Å². The van der Waals surface area contributed by atoms with Crippen molar-refractivity contribution in [2.45, 2.75) is 20.0 Å². The van der Waals surface area contributed by atoms with E-state index in [2.05, 4.69) is 50.4 Å². The van der Waals surface area contributed by atoms with Crippen LogP contribution in [0.2, 0.25) is 0 Å². The van der Waals surface area contributed by atoms with Gasteiger partial charge in [0.25, 0.3) is 5.91 Å². The number of piperazine rings is 1. The smallest absolute Gasteiger partial charge is 0.303 e. The van der Waals surface area contributed by atoms with Crippen LogP contribution in [0.4, 0.5) is 11.4 Å². The van der Waals surface area contributed by atoms with Crippen LogP contribution < -0.4 is 15.0 Å². The van der Waals surface area contributed by atoms with E-state index in [1.165, 1.54) is 12.6 Å². The van der Waals surface area contributed by atoms with Crippen molar-refractivity contribution in [1.29, 1.82) is 0 Å². The van der Waals surface area contributed by atoms with Gasteiger partial charge in [-0.05, 0) is 48.9 Å². The molecule has 2 aromatic carbocycles. The predicted octanol–water partition coefficient (Wildman–Crippen LogP) is 3.30. The van der Waals surface area contributed by atoms with Gasteiger partial charge in [0, 0.05) is 56.4 Å². The molecular weight excluding hydrogens is 432 g/mol. The summed E-state index contributed by atoms with van der Waals surface area (Å²) in [5.41, 5.74) is 4.66. The minimum absolute atomic E-state index is 0.0103. The minimum Gasteiger partial charge on any atom is -0.482 e. The second-order valence-electron chi connectivity index (χ2n) is 8.77. The highest BCUT2D eigenvalue weighted by molar-refractivity contribution is 5.95. The molecule has 3 heterocycles. The number of ether oxygens (including phenoxy) is 2. The number of aryl methyl sites for hydroxylation is 1. The highest BCUT2D eigenvalue weighted by atomic mass is 16.5. The Balaban J connectivity index is 1.29. The number of fused-ring (bicyclic) bond motifs is 2. The van der Waals surface area contributed by atoms with E-state index in [0.717, 1.165) is 48.3 Å². The first-order chi connectivity index (χ1) is 16.5. The number of amides is 1. The Kier molecular flexibility index (Phi) is 6.06. The second kappa shape index (κ2) is 9.30. The topological polar surface area (TPSA) is 84.0 Å². The molecule has 0 spiro atoms. The van der Waals surface area contributed by atoms with Crippen molar-refractivity contribution in [1.82, 2.24) is 9.88 Å². The lowest BCUT2D eigenvalue weighted by Crippen LogP contribution is -2.48. The summed E-state index contributed by atoms with van der Waals surface area (Å²) in [6.07, 6.45) is -0.432. The van der Waals surface area contributed by atoms with Gasteiger partial charge < -0.3 is 19.7 Å². The van der Waals surface area contributed by atoms with E-state index in [1.807, 2.05) is 25.1 Å². The quantitative estimate of drug-likeness (QED) is 0.585. The summed E-state index contributed by atoms with van der Waals surface area (Å²) in [5.74, 6) is 0.0992. The minimum atomic E-state index is -0.432. The van der Waals surface area contributed by atoms with Gasteiger partial charge in [-0.2, -0.15) is 0 Å². The first-order valence-corrected chi connectivity index (χ1v) is 11.5. The van der Waals surface area contributed by atoms with E-state index in [1.54, 1.807) is 0 Å². The molecule has 5 rings (SSSR count). The van der Waals surface area contributed by atoms with Crippen LogP contribution in [0.1, 0.15) is 24.3 Å². The van der Waals surface area contributed by atoms with Crippen molar-refractivity contribution in [3.05, 3.63) is 59.8 Å². The number of pyridine rings is 1. The molecular formula is C26H28N4O4. The maximum absolute atomic E-state index is 11.8. The number of carbonyl (C=O) groups is 2. The lowest BCUT2D eigenvalue weighted by Gasteiger charge is -2.38. The SMILES string of the molecule is CC(=O)OC(CN1CCN(c2cccc3nc(C)ccc23)CC1)c1ccc2c(c1)NC(=O)CO2. The summed E-state index contributed by atoms with van der Waals surface area (Å²) in [6, 6.07) is 16.0. The van der Waals surface area contributed by atoms with Crippen LogP contribution in [0.15, 0.2) is 48.5 Å². The van der Waals surface area contributed by atoms with E-state index in [0.29, 0.717) is 18.0 Å². The normalized spacial score (nSPS) is 17.0. The molecule has 1 aromatic heterocycles. The van der Waals surface area contributed by atoms with E-state index >= 15 is 0 Å². The molecule has 1 N–H and O–H groups in total. The predicted molar refractivity (Wildman–Crippen MR) is 130 cm³/mol. The van der Waals surface area contributed by atoms with Crippen molar-refractivity contribution < 1.29 is 19.1 Å². The van der Waals surface area contributed by atoms with Gasteiger partial charge in [-0.1, -0.05) is 12.1 Å². The third kappa shape index (κ3) is 4.68. The molecule has 1 saturated heterocycles. The molecule has 1 amide bonds. The number of hydrogen-bond donors (Lipinski definition) is 1. The zero-order valence-electron chi connectivity index (χ0n) is 19.4. The molecule has 3 aromatic rings. The fourth-order valence-electron chi connectivity index (χ4n) is 4.63. The van der Waals surface area contributed by atoms with Gasteiger partial charge in [-0.25, -0.2) is 0 Å². The molecule has 1 unspecified atom stereocenters. The zero-order chi connectivity index (χ0) is 23.7. The molecule has 34 heavy (non-hydrogen) atoms. The third-order valence-corrected chi connectivity index (χ3v) is 6.30. The maximum Gasteiger partial charge on any atom is 0.303 e. The number of nitrogens with zero attached hydrogens (tertiary/aromatic N) is 3. The van der Waals surface area contributed by atoms with Crippen LogP contribution in [0.3, 0.4) is 0 Å². The Morgan fingerprint density at radius 3 is 2.76 bits per heavy atom. The van der Waals surface area contributed by atoms with Crippen molar-refractivity contribution in [2.24, 2.45) is 0 Å². The summed E-state index contributed by atoms with van der Waals surface area (Å²) < 4.78 is 11.1. The number of anilines is 2. The Morgan fingerprint density at radius 2 is 1.97 bits per heavy atom. The maximum atomic E-state index is 11.8. The van der Waals surface area contributed by atoms with Crippen molar-refractivity contribution in [3.8, 4) is 5.75 Å². The highest BCUT2D eigenvalue weighted by Crippen LogP contribution is 2.32. The molecule has 176 valence electrons. The zero-order valence-corrected chi connectivity index (χ0v) is 19.4. The Hall–Kier alpha value is -3.65. The fraction of sp³-hybridized carbons (Fsp3) is 0.346. The molecule has 0 bridgehead atoms. The van der Waals surface area contributed by atoms with Gasteiger partial charge in [-0.3, -0.25) is 19.5 Å². The summed E-state index contributed by atoms with van der Waals surface area (Å²) in [5, 5.41) is 3.99. The Morgan fingerprint density at radius 1 is 1.15 bits per heavy atom. The number of rotatable bonds is 5. The summed E-state index contributed by atoms with van der Waals surface area (Å²) in [6.45, 7) is 7.45. The number of benzene rings is 2. The Labute approximate surface area is 198 Å². The largest absolute Gasteiger partial charge is 0.482 e. The van der Waals surface area contributed by atoms with Crippen LogP contribution in [0.5, 0.6) is 5.75 Å². The average Bonchev–Trinajstić information content (AvgIpc) is 2.83. The van der Waals surface area contributed by atoms with E-state index in [9.17, 15) is 9.59 Å². The first kappa shape index (κ1) is 22.2. The fourth-order valence-corrected chi connectivity index (χ4v) is 4.63. The van der Waals surface area contributed by atoms with Gasteiger partial charge in [0.2, 0.25) is 0 Å². The Bertz CT molecular complexity index is 1240. The average molecular weight is 461 g/mol. The van der Waals surface area contributed by atoms with Gasteiger partial charge in [0.05, 0.1) is 11.2 Å². The van der Waals surface area contributed by atoms with Crippen LogP contribution in [-0.4, -0.2) is 61.1 Å². The molecule has 1 fully saturated rings. The molecule has 1 atom stereocenters. The summed E-state index contributed by atoms with van der Waals surface area (Å²) in [7, 11) is 0. The standard InChI is InChI=1S/C26H28N4O4/c1-17-6-8-20-21(27-17)4-3-5-23(20)30-12-10-29(11-13-30)15-25(34-18(2)31)19-7-9-24-22(14-19)28-26(32)16-33-24/h3-9,14,25H,10-13,15-16H2,1-2H3,(H,28,32). The van der Waals surface area contributed by atoms with E-state index in [4.69, 9.17) is 9.47 Å². The molecule has 2 aliphatic heterocycles. The van der Waals surface area contributed by atoms with Crippen LogP contribution >= 0.6 is 0 Å². The number of nitrogens with one attached hydrogen (secondary N) is 1. The van der Waals surface area contributed by atoms with Gasteiger partial charge in [-0.15, -0.1) is 0 Å². The number of hydrogen-bond acceptors (Lipinski definition) is 7. The van der Waals surface area contributed by atoms with E-state index in [-0.39, 0.29) is 18.5 Å². The van der Waals surface area contributed by atoms with Crippen LogP contribution in [-0.2, 0) is 14.3 Å². The van der Waals surface area contributed by atoms with Crippen LogP contribution in [0, 0.1) is 6.92 Å². The molecule has 2 aliphatic rings. The van der Waals surface area contributed by atoms with Gasteiger partial charge in [0.15, 0.2) is 6.61 Å². The van der Waals surface area contributed by atoms with Gasteiger partial charge in [0.1, 0.15) is 11.9 Å².